The van der Waals surface area contributed by atoms with Crippen LogP contribution in [0.15, 0.2) is 42.1 Å². The van der Waals surface area contributed by atoms with E-state index in [0.717, 1.165) is 13.1 Å². The number of rotatable bonds is 10. The molecule has 0 aliphatic heterocycles. The Morgan fingerprint density at radius 3 is 2.33 bits per heavy atom. The van der Waals surface area contributed by atoms with Crippen molar-refractivity contribution in [2.24, 2.45) is 11.7 Å². The van der Waals surface area contributed by atoms with Crippen LogP contribution in [0.2, 0.25) is 0 Å². The number of hydrogen-bond donors (Lipinski definition) is 2. The number of nitrogens with zero attached hydrogens (tertiary/aromatic N) is 1. The van der Waals surface area contributed by atoms with Crippen LogP contribution in [0.5, 0.6) is 0 Å². The number of furan rings is 1. The first-order valence-electron chi connectivity index (χ1n) is 7.55. The lowest BCUT2D eigenvalue weighted by molar-refractivity contribution is 0.0926. The average Bonchev–Trinajstić information content (AvgIpc) is 2.96. The highest BCUT2D eigenvalue weighted by Gasteiger charge is 2.21. The Hall–Kier alpha value is -1.27. The molecule has 5 nitrogen and oxygen atoms in total. The Kier molecular flexibility index (Phi) is 13.6. The van der Waals surface area contributed by atoms with Crippen LogP contribution in [0.1, 0.15) is 30.0 Å². The zero-order valence-electron chi connectivity index (χ0n) is 14.4. The lowest BCUT2D eigenvalue weighted by atomic mass is 10.0. The van der Waals surface area contributed by atoms with Gasteiger partial charge in [0, 0.05) is 25.7 Å². The molecule has 0 saturated heterocycles. The van der Waals surface area contributed by atoms with Gasteiger partial charge in [0.15, 0.2) is 0 Å². The van der Waals surface area contributed by atoms with E-state index in [1.54, 1.807) is 6.07 Å². The minimum absolute atomic E-state index is 0. The van der Waals surface area contributed by atoms with Gasteiger partial charge in [-0.3, -0.25) is 9.69 Å². The molecule has 1 aromatic heterocycles. The summed E-state index contributed by atoms with van der Waals surface area (Å²) < 4.78 is 5.19. The van der Waals surface area contributed by atoms with E-state index in [1.807, 2.05) is 12.2 Å². The van der Waals surface area contributed by atoms with Gasteiger partial charge in [-0.25, -0.2) is 0 Å². The summed E-state index contributed by atoms with van der Waals surface area (Å²) in [5.41, 5.74) is 5.98. The minimum atomic E-state index is -0.147. The van der Waals surface area contributed by atoms with Gasteiger partial charge >= 0.3 is 0 Å². The predicted octanol–water partition coefficient (Wildman–Crippen LogP) is 3.01. The van der Waals surface area contributed by atoms with E-state index >= 15 is 0 Å². The van der Waals surface area contributed by atoms with Crippen molar-refractivity contribution in [3.05, 3.63) is 49.0 Å². The first-order chi connectivity index (χ1) is 10.5. The van der Waals surface area contributed by atoms with E-state index in [4.69, 9.17) is 10.2 Å². The fraction of sp³-hybridized carbons (Fsp3) is 0.471. The fourth-order valence-corrected chi connectivity index (χ4v) is 2.37. The van der Waals surface area contributed by atoms with Gasteiger partial charge in [-0.15, -0.1) is 38.0 Å². The van der Waals surface area contributed by atoms with Crippen LogP contribution < -0.4 is 11.1 Å². The number of amides is 1. The molecule has 1 rings (SSSR count). The minimum Gasteiger partial charge on any atom is -0.467 e. The Morgan fingerprint density at radius 2 is 1.92 bits per heavy atom. The SMILES string of the molecule is C=CCN(CC=C)C(CNC(=O)c1coc(CN)c1)C(C)C.Cl.Cl. The molecule has 0 aliphatic rings. The fourth-order valence-electron chi connectivity index (χ4n) is 2.37. The van der Waals surface area contributed by atoms with Crippen molar-refractivity contribution in [2.75, 3.05) is 19.6 Å². The quantitative estimate of drug-likeness (QED) is 0.614. The summed E-state index contributed by atoms with van der Waals surface area (Å²) in [7, 11) is 0. The summed E-state index contributed by atoms with van der Waals surface area (Å²) in [6, 6.07) is 1.88. The lowest BCUT2D eigenvalue weighted by Gasteiger charge is -2.33. The molecular formula is C17H29Cl2N3O2. The largest absolute Gasteiger partial charge is 0.467 e. The average molecular weight is 378 g/mol. The summed E-state index contributed by atoms with van der Waals surface area (Å²) in [6.07, 6.45) is 5.17. The van der Waals surface area contributed by atoms with E-state index in [0.29, 0.717) is 23.8 Å². The molecule has 1 unspecified atom stereocenters. The van der Waals surface area contributed by atoms with Crippen molar-refractivity contribution >= 4 is 30.7 Å². The van der Waals surface area contributed by atoms with E-state index in [1.165, 1.54) is 6.26 Å². The number of carbonyl (C=O) groups is 1. The Bertz CT molecular complexity index is 494. The van der Waals surface area contributed by atoms with E-state index in [2.05, 4.69) is 37.2 Å². The third-order valence-electron chi connectivity index (χ3n) is 3.55. The molecule has 0 radical (unpaired) electrons. The molecule has 1 amide bonds. The maximum absolute atomic E-state index is 12.2. The molecule has 1 atom stereocenters. The van der Waals surface area contributed by atoms with Crippen molar-refractivity contribution in [1.82, 2.24) is 10.2 Å². The summed E-state index contributed by atoms with van der Waals surface area (Å²) in [5, 5.41) is 2.97. The first kappa shape index (κ1) is 25.0. The van der Waals surface area contributed by atoms with Crippen molar-refractivity contribution in [3.63, 3.8) is 0 Å². The highest BCUT2D eigenvalue weighted by molar-refractivity contribution is 5.94. The Labute approximate surface area is 157 Å². The van der Waals surface area contributed by atoms with Gasteiger partial charge in [-0.2, -0.15) is 0 Å². The van der Waals surface area contributed by atoms with Crippen LogP contribution in [0.3, 0.4) is 0 Å². The third kappa shape index (κ3) is 7.53. The number of nitrogens with one attached hydrogen (secondary N) is 1. The van der Waals surface area contributed by atoms with E-state index < -0.39 is 0 Å². The molecule has 0 bridgehead atoms. The van der Waals surface area contributed by atoms with Gasteiger partial charge in [-0.05, 0) is 12.0 Å². The number of halogens is 2. The second kappa shape index (κ2) is 13.1. The van der Waals surface area contributed by atoms with Crippen LogP contribution in [0.4, 0.5) is 0 Å². The second-order valence-corrected chi connectivity index (χ2v) is 5.56. The molecule has 1 aromatic rings. The Balaban J connectivity index is 0. The molecule has 138 valence electrons. The monoisotopic (exact) mass is 377 g/mol. The molecule has 1 heterocycles. The van der Waals surface area contributed by atoms with Gasteiger partial charge in [0.1, 0.15) is 12.0 Å². The van der Waals surface area contributed by atoms with Crippen LogP contribution in [-0.4, -0.2) is 36.5 Å². The van der Waals surface area contributed by atoms with Crippen molar-refractivity contribution in [2.45, 2.75) is 26.4 Å². The first-order valence-corrected chi connectivity index (χ1v) is 7.55. The number of hydrogen-bond acceptors (Lipinski definition) is 4. The highest BCUT2D eigenvalue weighted by atomic mass is 35.5. The van der Waals surface area contributed by atoms with Crippen molar-refractivity contribution in [3.8, 4) is 0 Å². The predicted molar refractivity (Wildman–Crippen MR) is 104 cm³/mol. The molecule has 0 aliphatic carbocycles. The zero-order chi connectivity index (χ0) is 16.5. The summed E-state index contributed by atoms with van der Waals surface area (Å²) in [5.74, 6) is 0.848. The molecule has 24 heavy (non-hydrogen) atoms. The summed E-state index contributed by atoms with van der Waals surface area (Å²) in [4.78, 5) is 14.4. The van der Waals surface area contributed by atoms with Gasteiger partial charge in [0.05, 0.1) is 12.1 Å². The normalized spacial score (nSPS) is 11.4. The van der Waals surface area contributed by atoms with Crippen LogP contribution in [0.25, 0.3) is 0 Å². The van der Waals surface area contributed by atoms with Crippen LogP contribution >= 0.6 is 24.8 Å². The molecule has 3 N–H and O–H groups in total. The maximum Gasteiger partial charge on any atom is 0.254 e. The van der Waals surface area contributed by atoms with E-state index in [9.17, 15) is 4.79 Å². The lowest BCUT2D eigenvalue weighted by Crippen LogP contribution is -2.47. The maximum atomic E-state index is 12.2. The molecule has 0 fully saturated rings. The topological polar surface area (TPSA) is 71.5 Å². The molecule has 7 heteroatoms. The van der Waals surface area contributed by atoms with Gasteiger partial charge < -0.3 is 15.5 Å². The van der Waals surface area contributed by atoms with Crippen molar-refractivity contribution < 1.29 is 9.21 Å². The van der Waals surface area contributed by atoms with E-state index in [-0.39, 0.29) is 43.3 Å². The standard InChI is InChI=1S/C17H27N3O2.2ClH/c1-5-7-20(8-6-2)16(13(3)4)11-19-17(21)14-9-15(10-18)22-12-14;;/h5-6,9,12-13,16H,1-2,7-8,10-11,18H2,3-4H3,(H,19,21);2*1H. The van der Waals surface area contributed by atoms with Gasteiger partial charge in [-0.1, -0.05) is 26.0 Å². The third-order valence-corrected chi connectivity index (χ3v) is 3.55. The smallest absolute Gasteiger partial charge is 0.254 e. The summed E-state index contributed by atoms with van der Waals surface area (Å²) >= 11 is 0. The second-order valence-electron chi connectivity index (χ2n) is 5.56. The van der Waals surface area contributed by atoms with Crippen LogP contribution in [-0.2, 0) is 6.54 Å². The zero-order valence-corrected chi connectivity index (χ0v) is 16.0. The molecule has 0 aromatic carbocycles. The number of nitrogens with two attached hydrogens (primary N) is 1. The van der Waals surface area contributed by atoms with Gasteiger partial charge in [0.25, 0.3) is 5.91 Å². The molecule has 0 saturated carbocycles. The van der Waals surface area contributed by atoms with Crippen molar-refractivity contribution in [1.29, 1.82) is 0 Å². The molecule has 0 spiro atoms. The summed E-state index contributed by atoms with van der Waals surface area (Å²) in [6.45, 7) is 14.2. The van der Waals surface area contributed by atoms with Crippen LogP contribution in [0, 0.1) is 5.92 Å². The highest BCUT2D eigenvalue weighted by Crippen LogP contribution is 2.12. The van der Waals surface area contributed by atoms with Gasteiger partial charge in [0.2, 0.25) is 0 Å². The molecular weight excluding hydrogens is 349 g/mol. The Morgan fingerprint density at radius 1 is 1.33 bits per heavy atom. The number of carbonyl (C=O) groups excluding carboxylic acids is 1.